The van der Waals surface area contributed by atoms with Crippen LogP contribution in [0.25, 0.3) is 0 Å². The summed E-state index contributed by atoms with van der Waals surface area (Å²) in [6.07, 6.45) is 5.31. The van der Waals surface area contributed by atoms with E-state index in [2.05, 4.69) is 72.9 Å². The Morgan fingerprint density at radius 3 is 2.19 bits per heavy atom. The van der Waals surface area contributed by atoms with E-state index < -0.39 is 0 Å². The summed E-state index contributed by atoms with van der Waals surface area (Å²) in [6, 6.07) is 22.8. The van der Waals surface area contributed by atoms with E-state index in [9.17, 15) is 0 Å². The lowest BCUT2D eigenvalue weighted by Crippen LogP contribution is -2.38. The molecule has 1 aliphatic rings. The average molecular weight is 279 g/mol. The molecule has 1 aliphatic carbocycles. The summed E-state index contributed by atoms with van der Waals surface area (Å²) in [5, 5.41) is 3.88. The van der Waals surface area contributed by atoms with E-state index in [-0.39, 0.29) is 0 Å². The second-order valence-electron chi connectivity index (χ2n) is 6.21. The summed E-state index contributed by atoms with van der Waals surface area (Å²) in [7, 11) is 0. The zero-order valence-corrected chi connectivity index (χ0v) is 12.8. The van der Waals surface area contributed by atoms with Gasteiger partial charge in [-0.1, -0.05) is 73.5 Å². The van der Waals surface area contributed by atoms with E-state index in [4.69, 9.17) is 0 Å². The lowest BCUT2D eigenvalue weighted by atomic mass is 9.79. The van der Waals surface area contributed by atoms with Crippen molar-refractivity contribution in [2.45, 2.75) is 50.6 Å². The van der Waals surface area contributed by atoms with Crippen molar-refractivity contribution in [3.05, 3.63) is 71.8 Å². The smallest absolute Gasteiger partial charge is 0.0294 e. The Labute approximate surface area is 128 Å². The molecule has 2 unspecified atom stereocenters. The fourth-order valence-electron chi connectivity index (χ4n) is 3.59. The zero-order chi connectivity index (χ0) is 14.5. The minimum atomic E-state index is 0.417. The van der Waals surface area contributed by atoms with Crippen LogP contribution < -0.4 is 5.32 Å². The number of nitrogens with one attached hydrogen (secondary N) is 1. The first-order chi connectivity index (χ1) is 10.3. The van der Waals surface area contributed by atoms with E-state index in [0.717, 1.165) is 0 Å². The molecule has 1 N–H and O–H groups in total. The first-order valence-corrected chi connectivity index (χ1v) is 8.20. The van der Waals surface area contributed by atoms with Gasteiger partial charge in [0, 0.05) is 12.1 Å². The van der Waals surface area contributed by atoms with E-state index in [1.807, 2.05) is 0 Å². The molecule has 3 atom stereocenters. The first-order valence-electron chi connectivity index (χ1n) is 8.20. The molecular weight excluding hydrogens is 254 g/mol. The quantitative estimate of drug-likeness (QED) is 0.824. The van der Waals surface area contributed by atoms with E-state index in [0.29, 0.717) is 18.0 Å². The van der Waals surface area contributed by atoms with Gasteiger partial charge in [0.2, 0.25) is 0 Å². The van der Waals surface area contributed by atoms with Gasteiger partial charge in [-0.3, -0.25) is 0 Å². The Bertz CT molecular complexity index is 534. The van der Waals surface area contributed by atoms with Gasteiger partial charge in [-0.2, -0.15) is 0 Å². The number of benzene rings is 2. The van der Waals surface area contributed by atoms with Gasteiger partial charge in [0.15, 0.2) is 0 Å². The van der Waals surface area contributed by atoms with Crippen LogP contribution in [0.4, 0.5) is 0 Å². The maximum atomic E-state index is 3.88. The first kappa shape index (κ1) is 14.3. The van der Waals surface area contributed by atoms with Crippen molar-refractivity contribution in [3.8, 4) is 0 Å². The van der Waals surface area contributed by atoms with Gasteiger partial charge in [-0.25, -0.2) is 0 Å². The van der Waals surface area contributed by atoms with Crippen molar-refractivity contribution >= 4 is 0 Å². The number of hydrogen-bond donors (Lipinski definition) is 1. The molecule has 21 heavy (non-hydrogen) atoms. The number of rotatable bonds is 4. The molecule has 0 bridgehead atoms. The van der Waals surface area contributed by atoms with Crippen molar-refractivity contribution in [3.63, 3.8) is 0 Å². The Morgan fingerprint density at radius 1 is 0.857 bits per heavy atom. The van der Waals surface area contributed by atoms with E-state index in [1.54, 1.807) is 0 Å². The van der Waals surface area contributed by atoms with Crippen molar-refractivity contribution < 1.29 is 0 Å². The van der Waals surface area contributed by atoms with Crippen LogP contribution in [0, 0.1) is 0 Å². The number of hydrogen-bond acceptors (Lipinski definition) is 1. The lowest BCUT2D eigenvalue weighted by molar-refractivity contribution is 0.306. The van der Waals surface area contributed by atoms with Crippen molar-refractivity contribution in [2.24, 2.45) is 0 Å². The van der Waals surface area contributed by atoms with Gasteiger partial charge < -0.3 is 5.32 Å². The third-order valence-corrected chi connectivity index (χ3v) is 4.76. The topological polar surface area (TPSA) is 12.0 Å². The summed E-state index contributed by atoms with van der Waals surface area (Å²) in [5.74, 6) is 0.658. The molecular formula is C20H25N. The Kier molecular flexibility index (Phi) is 4.72. The van der Waals surface area contributed by atoms with Gasteiger partial charge in [0.25, 0.3) is 0 Å². The maximum absolute atomic E-state index is 3.88. The van der Waals surface area contributed by atoms with Crippen LogP contribution in [0.1, 0.15) is 55.7 Å². The van der Waals surface area contributed by atoms with Gasteiger partial charge in [0.05, 0.1) is 0 Å². The molecule has 2 aromatic carbocycles. The summed E-state index contributed by atoms with van der Waals surface area (Å²) >= 11 is 0. The van der Waals surface area contributed by atoms with Crippen LogP contribution in [0.5, 0.6) is 0 Å². The van der Waals surface area contributed by atoms with Crippen LogP contribution in [-0.2, 0) is 0 Å². The van der Waals surface area contributed by atoms with Crippen LogP contribution in [-0.4, -0.2) is 6.04 Å². The normalized spacial score (nSPS) is 23.7. The van der Waals surface area contributed by atoms with Gasteiger partial charge in [0.1, 0.15) is 0 Å². The second-order valence-corrected chi connectivity index (χ2v) is 6.21. The third kappa shape index (κ3) is 3.54. The predicted molar refractivity (Wildman–Crippen MR) is 89.4 cm³/mol. The highest BCUT2D eigenvalue weighted by Crippen LogP contribution is 2.34. The molecule has 1 saturated carbocycles. The molecule has 0 radical (unpaired) electrons. The molecule has 3 rings (SSSR count). The lowest BCUT2D eigenvalue weighted by Gasteiger charge is -2.35. The molecule has 1 heteroatoms. The van der Waals surface area contributed by atoms with Gasteiger partial charge in [-0.05, 0) is 36.8 Å². The predicted octanol–water partition coefficient (Wildman–Crippen LogP) is 5.06. The maximum Gasteiger partial charge on any atom is 0.0294 e. The van der Waals surface area contributed by atoms with Gasteiger partial charge in [-0.15, -0.1) is 0 Å². The SMILES string of the molecule is C[C@H](NC1CCCCC1c1ccccc1)c1ccccc1. The molecule has 1 nitrogen and oxygen atoms in total. The van der Waals surface area contributed by atoms with Crippen molar-refractivity contribution in [2.75, 3.05) is 0 Å². The van der Waals surface area contributed by atoms with Crippen molar-refractivity contribution in [1.82, 2.24) is 5.32 Å². The molecule has 2 aromatic rings. The molecule has 0 aromatic heterocycles. The Balaban J connectivity index is 1.73. The molecule has 110 valence electrons. The minimum Gasteiger partial charge on any atom is -0.307 e. The Morgan fingerprint density at radius 2 is 1.48 bits per heavy atom. The highest BCUT2D eigenvalue weighted by Gasteiger charge is 2.27. The Hall–Kier alpha value is -1.60. The highest BCUT2D eigenvalue weighted by atomic mass is 15.0. The van der Waals surface area contributed by atoms with Crippen LogP contribution in [0.2, 0.25) is 0 Å². The third-order valence-electron chi connectivity index (χ3n) is 4.76. The molecule has 0 amide bonds. The minimum absolute atomic E-state index is 0.417. The van der Waals surface area contributed by atoms with Gasteiger partial charge >= 0.3 is 0 Å². The fraction of sp³-hybridized carbons (Fsp3) is 0.400. The largest absolute Gasteiger partial charge is 0.307 e. The molecule has 0 heterocycles. The van der Waals surface area contributed by atoms with E-state index in [1.165, 1.54) is 36.8 Å². The van der Waals surface area contributed by atoms with Crippen LogP contribution in [0.3, 0.4) is 0 Å². The monoisotopic (exact) mass is 279 g/mol. The highest BCUT2D eigenvalue weighted by molar-refractivity contribution is 5.23. The standard InChI is InChI=1S/C20H25N/c1-16(17-10-4-2-5-11-17)21-20-15-9-8-14-19(20)18-12-6-3-7-13-18/h2-7,10-13,16,19-21H,8-9,14-15H2,1H3/t16-,19?,20?/m0/s1. The molecule has 0 spiro atoms. The second kappa shape index (κ2) is 6.91. The molecule has 0 saturated heterocycles. The molecule has 0 aliphatic heterocycles. The van der Waals surface area contributed by atoms with Crippen LogP contribution >= 0.6 is 0 Å². The van der Waals surface area contributed by atoms with E-state index >= 15 is 0 Å². The molecule has 1 fully saturated rings. The zero-order valence-electron chi connectivity index (χ0n) is 12.8. The van der Waals surface area contributed by atoms with Crippen molar-refractivity contribution in [1.29, 1.82) is 0 Å². The summed E-state index contributed by atoms with van der Waals surface area (Å²) < 4.78 is 0. The van der Waals surface area contributed by atoms with Crippen LogP contribution in [0.15, 0.2) is 60.7 Å². The fourth-order valence-corrected chi connectivity index (χ4v) is 3.59. The summed E-state index contributed by atoms with van der Waals surface area (Å²) in [4.78, 5) is 0. The average Bonchev–Trinajstić information content (AvgIpc) is 2.57. The summed E-state index contributed by atoms with van der Waals surface area (Å²) in [6.45, 7) is 2.28. The summed E-state index contributed by atoms with van der Waals surface area (Å²) in [5.41, 5.74) is 2.88.